The Morgan fingerprint density at radius 1 is 1.11 bits per heavy atom. The van der Waals surface area contributed by atoms with Gasteiger partial charge in [-0.05, 0) is 0 Å². The normalized spacial score (nSPS) is 10.2. The van der Waals surface area contributed by atoms with Crippen molar-refractivity contribution in [3.8, 4) is 0 Å². The number of hydrogen-bond donors (Lipinski definition) is 1. The molecule has 0 bridgehead atoms. The molecule has 0 fully saturated rings. The molecule has 0 radical (unpaired) electrons. The third-order valence-corrected chi connectivity index (χ3v) is 7.07. The van der Waals surface area contributed by atoms with Crippen LogP contribution in [0.3, 0.4) is 0 Å². The first-order valence-corrected chi connectivity index (χ1v) is 9.92. The number of para-hydroxylation sites is 1. The second kappa shape index (κ2) is 7.39. The fourth-order valence-corrected chi connectivity index (χ4v) is 4.92. The van der Waals surface area contributed by atoms with Gasteiger partial charge in [0, 0.05) is 0 Å². The van der Waals surface area contributed by atoms with Crippen molar-refractivity contribution in [3.05, 3.63) is 60.2 Å². The Kier molecular flexibility index (Phi) is 5.52. The molecule has 1 amide bonds. The molecular formula is C15H15NOSSe. The standard InChI is InChI=1S/C15H15NOSSe/c1-2-18-19-14-11-7-6-10-13(14)15(17)16-12-8-4-3-5-9-12/h3-11H,2H2,1H3,(H,16,17). The van der Waals surface area contributed by atoms with Crippen molar-refractivity contribution in [2.24, 2.45) is 0 Å². The number of carbonyl (C=O) groups excluding carboxylic acids is 1. The van der Waals surface area contributed by atoms with Crippen LogP contribution in [0, 0.1) is 0 Å². The predicted molar refractivity (Wildman–Crippen MR) is 84.4 cm³/mol. The summed E-state index contributed by atoms with van der Waals surface area (Å²) in [6.45, 7) is 2.14. The average molecular weight is 336 g/mol. The minimum atomic E-state index is -0.0274. The molecule has 2 nitrogen and oxygen atoms in total. The second-order valence-corrected chi connectivity index (χ2v) is 8.24. The molecule has 0 saturated heterocycles. The number of amides is 1. The molecule has 0 aromatic heterocycles. The molecular weight excluding hydrogens is 321 g/mol. The Morgan fingerprint density at radius 2 is 1.79 bits per heavy atom. The van der Waals surface area contributed by atoms with E-state index in [1.807, 2.05) is 64.8 Å². The molecule has 0 atom stereocenters. The average Bonchev–Trinajstić information content (AvgIpc) is 2.46. The van der Waals surface area contributed by atoms with Gasteiger partial charge in [-0.1, -0.05) is 0 Å². The van der Waals surface area contributed by atoms with E-state index < -0.39 is 0 Å². The zero-order valence-electron chi connectivity index (χ0n) is 10.6. The van der Waals surface area contributed by atoms with E-state index in [1.165, 1.54) is 0 Å². The maximum absolute atomic E-state index is 12.3. The Labute approximate surface area is 123 Å². The van der Waals surface area contributed by atoms with E-state index in [0.717, 1.165) is 21.5 Å². The fraction of sp³-hybridized carbons (Fsp3) is 0.133. The van der Waals surface area contributed by atoms with E-state index in [2.05, 4.69) is 12.2 Å². The molecule has 4 heteroatoms. The van der Waals surface area contributed by atoms with Crippen molar-refractivity contribution in [1.82, 2.24) is 0 Å². The molecule has 2 rings (SSSR count). The van der Waals surface area contributed by atoms with Crippen LogP contribution >= 0.6 is 10.2 Å². The summed E-state index contributed by atoms with van der Waals surface area (Å²) in [6, 6.07) is 17.4. The van der Waals surface area contributed by atoms with E-state index in [0.29, 0.717) is 13.8 Å². The Hall–Kier alpha value is -1.22. The summed E-state index contributed by atoms with van der Waals surface area (Å²) in [4.78, 5) is 12.3. The van der Waals surface area contributed by atoms with Crippen LogP contribution in [0.5, 0.6) is 0 Å². The summed E-state index contributed by atoms with van der Waals surface area (Å²) in [7, 11) is 1.88. The number of nitrogens with one attached hydrogen (secondary N) is 1. The van der Waals surface area contributed by atoms with E-state index in [4.69, 9.17) is 0 Å². The number of rotatable bonds is 5. The van der Waals surface area contributed by atoms with Gasteiger partial charge in [0.15, 0.2) is 0 Å². The summed E-state index contributed by atoms with van der Waals surface area (Å²) in [5.74, 6) is 1.05. The van der Waals surface area contributed by atoms with Crippen LogP contribution in [0.1, 0.15) is 17.3 Å². The maximum atomic E-state index is 12.3. The summed E-state index contributed by atoms with van der Waals surface area (Å²) >= 11 is 0.291. The molecule has 2 aromatic carbocycles. The third kappa shape index (κ3) is 4.13. The van der Waals surface area contributed by atoms with E-state index in [1.54, 1.807) is 0 Å². The molecule has 0 spiro atoms. The van der Waals surface area contributed by atoms with Crippen molar-refractivity contribution in [2.45, 2.75) is 6.92 Å². The van der Waals surface area contributed by atoms with Gasteiger partial charge in [-0.25, -0.2) is 0 Å². The molecule has 98 valence electrons. The number of hydrogen-bond acceptors (Lipinski definition) is 2. The van der Waals surface area contributed by atoms with Crippen molar-refractivity contribution in [1.29, 1.82) is 0 Å². The van der Waals surface area contributed by atoms with Crippen LogP contribution in [0.2, 0.25) is 0 Å². The van der Waals surface area contributed by atoms with Crippen LogP contribution in [0.4, 0.5) is 5.69 Å². The fourth-order valence-electron chi connectivity index (χ4n) is 1.57. The van der Waals surface area contributed by atoms with Crippen molar-refractivity contribution < 1.29 is 4.79 Å². The number of carbonyl (C=O) groups is 1. The van der Waals surface area contributed by atoms with Gasteiger partial charge in [-0.2, -0.15) is 0 Å². The molecule has 0 unspecified atom stereocenters. The molecule has 0 aliphatic rings. The Morgan fingerprint density at radius 3 is 2.53 bits per heavy atom. The SMILES string of the molecule is CCS[Se]c1ccccc1C(=O)Nc1ccccc1. The van der Waals surface area contributed by atoms with Crippen LogP contribution in [0.25, 0.3) is 0 Å². The van der Waals surface area contributed by atoms with Gasteiger partial charge >= 0.3 is 123 Å². The van der Waals surface area contributed by atoms with Crippen LogP contribution in [-0.4, -0.2) is 25.5 Å². The zero-order valence-corrected chi connectivity index (χ0v) is 13.2. The van der Waals surface area contributed by atoms with Gasteiger partial charge in [-0.15, -0.1) is 0 Å². The monoisotopic (exact) mass is 337 g/mol. The molecule has 0 aliphatic heterocycles. The number of benzene rings is 2. The Balaban J connectivity index is 2.14. The predicted octanol–water partition coefficient (Wildman–Crippen LogP) is 2.94. The van der Waals surface area contributed by atoms with E-state index in [-0.39, 0.29) is 5.91 Å². The zero-order chi connectivity index (χ0) is 13.5. The van der Waals surface area contributed by atoms with Gasteiger partial charge in [0.25, 0.3) is 0 Å². The first-order valence-electron chi connectivity index (χ1n) is 6.06. The third-order valence-electron chi connectivity index (χ3n) is 2.43. The van der Waals surface area contributed by atoms with Crippen LogP contribution < -0.4 is 9.78 Å². The quantitative estimate of drug-likeness (QED) is 0.851. The molecule has 2 aromatic rings. The first kappa shape index (κ1) is 14.2. The van der Waals surface area contributed by atoms with Gasteiger partial charge < -0.3 is 0 Å². The summed E-state index contributed by atoms with van der Waals surface area (Å²) in [5.41, 5.74) is 1.62. The molecule has 19 heavy (non-hydrogen) atoms. The van der Waals surface area contributed by atoms with Crippen molar-refractivity contribution in [2.75, 3.05) is 11.1 Å². The molecule has 0 aliphatic carbocycles. The summed E-state index contributed by atoms with van der Waals surface area (Å²) < 4.78 is 1.15. The number of anilines is 1. The van der Waals surface area contributed by atoms with Crippen LogP contribution in [0.15, 0.2) is 54.6 Å². The van der Waals surface area contributed by atoms with Gasteiger partial charge in [-0.3, -0.25) is 0 Å². The summed E-state index contributed by atoms with van der Waals surface area (Å²) in [6.07, 6.45) is 0. The molecule has 0 heterocycles. The van der Waals surface area contributed by atoms with Gasteiger partial charge in [0.1, 0.15) is 0 Å². The van der Waals surface area contributed by atoms with Crippen molar-refractivity contribution in [3.63, 3.8) is 0 Å². The van der Waals surface area contributed by atoms with Gasteiger partial charge in [0.05, 0.1) is 0 Å². The van der Waals surface area contributed by atoms with Gasteiger partial charge in [0.2, 0.25) is 0 Å². The van der Waals surface area contributed by atoms with E-state index in [9.17, 15) is 4.79 Å². The molecule has 0 saturated carbocycles. The van der Waals surface area contributed by atoms with E-state index >= 15 is 0 Å². The Bertz CT molecular complexity index is 545. The topological polar surface area (TPSA) is 29.1 Å². The van der Waals surface area contributed by atoms with Crippen LogP contribution in [-0.2, 0) is 0 Å². The first-order chi connectivity index (χ1) is 9.31. The second-order valence-electron chi connectivity index (χ2n) is 3.81. The summed E-state index contributed by atoms with van der Waals surface area (Å²) in [5, 5.41) is 2.94. The minimum absolute atomic E-state index is 0.0274. The van der Waals surface area contributed by atoms with Crippen molar-refractivity contribution >= 4 is 40.1 Å². The molecule has 1 N–H and O–H groups in total.